The highest BCUT2D eigenvalue weighted by Crippen LogP contribution is 2.81. The molecular weight excluding hydrogens is 507 g/mol. The van der Waals surface area contributed by atoms with Crippen molar-refractivity contribution in [1.82, 2.24) is 0 Å². The van der Waals surface area contributed by atoms with Crippen LogP contribution in [0.5, 0.6) is 5.75 Å². The molecule has 1 aliphatic rings. The van der Waals surface area contributed by atoms with Gasteiger partial charge < -0.3 is 14.2 Å². The molecule has 30 heavy (non-hydrogen) atoms. The number of rotatable bonds is 8. The lowest BCUT2D eigenvalue weighted by molar-refractivity contribution is 0.0542. The first kappa shape index (κ1) is 21.7. The van der Waals surface area contributed by atoms with E-state index in [0.717, 1.165) is 5.75 Å². The molecule has 5 heteroatoms. The Morgan fingerprint density at radius 2 is 1.30 bits per heavy atom. The Labute approximate surface area is 192 Å². The average molecular weight is 534 g/mol. The second-order valence-electron chi connectivity index (χ2n) is 7.37. The Morgan fingerprint density at radius 3 is 1.87 bits per heavy atom. The lowest BCUT2D eigenvalue weighted by Gasteiger charge is -2.32. The van der Waals surface area contributed by atoms with Gasteiger partial charge in [0.1, 0.15) is 12.4 Å². The zero-order chi connectivity index (χ0) is 21.1. The van der Waals surface area contributed by atoms with Gasteiger partial charge in [0.05, 0.1) is 19.8 Å². The minimum absolute atomic E-state index is 0.540. The molecule has 0 unspecified atom stereocenters. The molecule has 0 atom stereocenters. The fourth-order valence-corrected chi connectivity index (χ4v) is 9.97. The number of fused-ring (bicyclic) bond motifs is 3. The number of ether oxygens (including phenoxy) is 3. The maximum absolute atomic E-state index is 6.08. The molecule has 0 saturated carbocycles. The summed E-state index contributed by atoms with van der Waals surface area (Å²) in [6.07, 6.45) is 0. The molecule has 0 N–H and O–H groups in total. The van der Waals surface area contributed by atoms with Crippen molar-refractivity contribution in [2.24, 2.45) is 0 Å². The minimum atomic E-state index is -1.32. The molecular formula is C25H27IO3S. The van der Waals surface area contributed by atoms with Crippen molar-refractivity contribution < 1.29 is 14.2 Å². The van der Waals surface area contributed by atoms with Crippen LogP contribution < -0.4 is 4.74 Å². The van der Waals surface area contributed by atoms with E-state index in [-0.39, 0.29) is 0 Å². The molecule has 0 bridgehead atoms. The van der Waals surface area contributed by atoms with Gasteiger partial charge in [0.15, 0.2) is 0 Å². The van der Waals surface area contributed by atoms with E-state index in [0.29, 0.717) is 26.4 Å². The topological polar surface area (TPSA) is 27.7 Å². The van der Waals surface area contributed by atoms with E-state index in [4.69, 9.17) is 14.2 Å². The lowest BCUT2D eigenvalue weighted by Crippen LogP contribution is -2.11. The number of benzene rings is 3. The molecule has 0 spiro atoms. The van der Waals surface area contributed by atoms with E-state index < -0.39 is 7.20 Å². The molecule has 0 radical (unpaired) electrons. The molecule has 0 fully saturated rings. The van der Waals surface area contributed by atoms with Gasteiger partial charge in [-0.3, -0.25) is 0 Å². The number of methoxy groups -OCH3 is 1. The molecule has 0 amide bonds. The van der Waals surface area contributed by atoms with Crippen LogP contribution in [0.25, 0.3) is 11.1 Å². The molecule has 0 aromatic heterocycles. The van der Waals surface area contributed by atoms with Crippen molar-refractivity contribution in [2.45, 2.75) is 28.5 Å². The van der Waals surface area contributed by atoms with Gasteiger partial charge >= 0.3 is 0 Å². The van der Waals surface area contributed by atoms with Gasteiger partial charge in [-0.25, -0.2) is 0 Å². The summed E-state index contributed by atoms with van der Waals surface area (Å²) >= 11 is 2.72. The van der Waals surface area contributed by atoms with Crippen molar-refractivity contribution in [3.8, 4) is 16.9 Å². The summed E-state index contributed by atoms with van der Waals surface area (Å²) in [4.78, 5) is 4.25. The number of halogens is 1. The third kappa shape index (κ3) is 3.88. The van der Waals surface area contributed by atoms with Crippen LogP contribution in [0.2, 0.25) is 0 Å². The zero-order valence-corrected chi connectivity index (χ0v) is 20.6. The van der Waals surface area contributed by atoms with Crippen molar-refractivity contribution >= 4 is 28.4 Å². The summed E-state index contributed by atoms with van der Waals surface area (Å²) in [6.45, 7) is 6.59. The van der Waals surface area contributed by atoms with Crippen LogP contribution in [0.15, 0.2) is 75.4 Å². The lowest BCUT2D eigenvalue weighted by atomic mass is 10.1. The molecule has 3 aromatic carbocycles. The predicted molar refractivity (Wildman–Crippen MR) is 132 cm³/mol. The highest BCUT2D eigenvalue weighted by molar-refractivity contribution is 14.2. The second-order valence-corrected chi connectivity index (χ2v) is 13.8. The van der Waals surface area contributed by atoms with Crippen molar-refractivity contribution in [1.29, 1.82) is 0 Å². The summed E-state index contributed by atoms with van der Waals surface area (Å²) in [6, 6.07) is 22.3. The van der Waals surface area contributed by atoms with Crippen LogP contribution in [0, 0.1) is 13.8 Å². The first-order chi connectivity index (χ1) is 14.6. The van der Waals surface area contributed by atoms with Crippen LogP contribution >= 0.6 is 28.4 Å². The summed E-state index contributed by atoms with van der Waals surface area (Å²) in [5.41, 5.74) is 5.07. The first-order valence-corrected chi connectivity index (χ1v) is 14.3. The Morgan fingerprint density at radius 1 is 0.767 bits per heavy atom. The average Bonchev–Trinajstić information content (AvgIpc) is 3.02. The van der Waals surface area contributed by atoms with Crippen molar-refractivity contribution in [2.75, 3.05) is 33.5 Å². The van der Waals surface area contributed by atoms with Crippen molar-refractivity contribution in [3.05, 3.63) is 71.8 Å². The van der Waals surface area contributed by atoms with Gasteiger partial charge in [-0.2, -0.15) is 0 Å². The SMILES string of the molecule is COCCOCCOc1c(C)cc(S2(I)c3ccccc3-c3ccccc32)cc1C. The number of hydrogen-bond acceptors (Lipinski definition) is 3. The van der Waals surface area contributed by atoms with Gasteiger partial charge in [0.2, 0.25) is 0 Å². The minimum Gasteiger partial charge on any atom is -0.491 e. The molecule has 3 nitrogen and oxygen atoms in total. The summed E-state index contributed by atoms with van der Waals surface area (Å²) in [7, 11) is 0.355. The molecule has 4 rings (SSSR count). The van der Waals surface area contributed by atoms with Crippen molar-refractivity contribution in [3.63, 3.8) is 0 Å². The molecule has 0 aliphatic carbocycles. The predicted octanol–water partition coefficient (Wildman–Crippen LogP) is 6.96. The maximum Gasteiger partial charge on any atom is 0.125 e. The van der Waals surface area contributed by atoms with E-state index in [1.54, 1.807) is 7.11 Å². The quantitative estimate of drug-likeness (QED) is 0.231. The van der Waals surface area contributed by atoms with Gasteiger partial charge in [-0.15, -0.1) is 7.20 Å². The smallest absolute Gasteiger partial charge is 0.125 e. The molecule has 3 aromatic rings. The second kappa shape index (κ2) is 9.30. The summed E-state index contributed by atoms with van der Waals surface area (Å²) < 4.78 is 16.6. The largest absolute Gasteiger partial charge is 0.491 e. The van der Waals surface area contributed by atoms with Crippen LogP contribution in [-0.2, 0) is 9.47 Å². The molecule has 1 aliphatic heterocycles. The van der Waals surface area contributed by atoms with Gasteiger partial charge in [0.25, 0.3) is 0 Å². The van der Waals surface area contributed by atoms with Crippen LogP contribution in [0.4, 0.5) is 0 Å². The monoisotopic (exact) mass is 534 g/mol. The number of aryl methyl sites for hydroxylation is 2. The number of hydrogen-bond donors (Lipinski definition) is 0. The van der Waals surface area contributed by atoms with Gasteiger partial charge in [-0.1, -0.05) is 36.4 Å². The van der Waals surface area contributed by atoms with E-state index in [1.165, 1.54) is 36.9 Å². The Hall–Kier alpha value is -1.54. The third-order valence-corrected chi connectivity index (χ3v) is 12.5. The fraction of sp³-hybridized carbons (Fsp3) is 0.280. The van der Waals surface area contributed by atoms with E-state index in [2.05, 4.69) is 95.7 Å². The molecule has 1 heterocycles. The van der Waals surface area contributed by atoms with Crippen LogP contribution in [-0.4, -0.2) is 33.5 Å². The summed E-state index contributed by atoms with van der Waals surface area (Å²) in [5.74, 6) is 0.966. The van der Waals surface area contributed by atoms with Gasteiger partial charge in [0, 0.05) is 21.8 Å². The Balaban J connectivity index is 1.65. The zero-order valence-electron chi connectivity index (χ0n) is 17.6. The third-order valence-electron chi connectivity index (χ3n) is 5.33. The maximum atomic E-state index is 6.08. The van der Waals surface area contributed by atoms with Gasteiger partial charge in [-0.05, 0) is 81.6 Å². The fourth-order valence-electron chi connectivity index (χ4n) is 3.99. The van der Waals surface area contributed by atoms with E-state index in [1.807, 2.05) is 0 Å². The first-order valence-electron chi connectivity index (χ1n) is 10.1. The molecule has 158 valence electrons. The van der Waals surface area contributed by atoms with Crippen LogP contribution in [0.1, 0.15) is 11.1 Å². The van der Waals surface area contributed by atoms with E-state index >= 15 is 0 Å². The highest BCUT2D eigenvalue weighted by Gasteiger charge is 2.38. The standard InChI is InChI=1S/C25H27IO3S/c1-18-16-20(17-19(2)25(18)29-15-14-28-13-12-27-3)30(26)23-10-6-4-8-21(23)22-9-5-7-11-24(22)30/h4-11,16-17H,12-15H2,1-3H3. The Bertz CT molecular complexity index is 982. The van der Waals surface area contributed by atoms with E-state index in [9.17, 15) is 0 Å². The van der Waals surface area contributed by atoms with Crippen LogP contribution in [0.3, 0.4) is 0 Å². The Kier molecular flexibility index (Phi) is 6.72. The normalized spacial score (nSPS) is 14.8. The molecule has 0 saturated heterocycles. The summed E-state index contributed by atoms with van der Waals surface area (Å²) in [5, 5.41) is 0. The highest BCUT2D eigenvalue weighted by atomic mass is 127.